The lowest BCUT2D eigenvalue weighted by Crippen LogP contribution is -2.13. The topological polar surface area (TPSA) is 79.2 Å². The van der Waals surface area contributed by atoms with Crippen molar-refractivity contribution in [2.24, 2.45) is 5.92 Å². The van der Waals surface area contributed by atoms with Gasteiger partial charge in [-0.3, -0.25) is 9.59 Å². The second-order valence-electron chi connectivity index (χ2n) is 6.74. The molecule has 140 valence electrons. The maximum absolute atomic E-state index is 12.3. The minimum atomic E-state index is -0.239. The second-order valence-corrected chi connectivity index (χ2v) is 6.74. The third kappa shape index (κ3) is 6.95. The number of amides is 1. The minimum Gasteiger partial charge on any atom is -0.479 e. The van der Waals surface area contributed by atoms with Crippen LogP contribution in [-0.2, 0) is 11.2 Å². The Kier molecular flexibility index (Phi) is 7.57. The number of nitriles is 1. The van der Waals surface area contributed by atoms with Crippen molar-refractivity contribution >= 4 is 17.4 Å². The Morgan fingerprint density at radius 1 is 1.11 bits per heavy atom. The Balaban J connectivity index is 1.84. The number of hydrogen-bond acceptors (Lipinski definition) is 4. The SMILES string of the molecule is CC(C)Cc1ccc(C(=O)CCC(=O)Nc2cccc(OCC#N)c2)cc1. The number of hydrogen-bond donors (Lipinski definition) is 1. The van der Waals surface area contributed by atoms with Crippen molar-refractivity contribution in [2.75, 3.05) is 11.9 Å². The van der Waals surface area contributed by atoms with Crippen LogP contribution in [0.2, 0.25) is 0 Å². The van der Waals surface area contributed by atoms with E-state index in [4.69, 9.17) is 10.00 Å². The molecule has 0 fully saturated rings. The first-order chi connectivity index (χ1) is 13.0. The molecule has 0 aliphatic carbocycles. The first kappa shape index (κ1) is 20.2. The lowest BCUT2D eigenvalue weighted by Gasteiger charge is -2.08. The van der Waals surface area contributed by atoms with Gasteiger partial charge in [0.2, 0.25) is 5.91 Å². The van der Waals surface area contributed by atoms with Gasteiger partial charge in [-0.2, -0.15) is 5.26 Å². The van der Waals surface area contributed by atoms with E-state index in [0.29, 0.717) is 22.9 Å². The minimum absolute atomic E-state index is 0.0487. The molecule has 0 atom stereocenters. The summed E-state index contributed by atoms with van der Waals surface area (Å²) in [4.78, 5) is 24.4. The Morgan fingerprint density at radius 2 is 1.85 bits per heavy atom. The number of nitrogens with zero attached hydrogens (tertiary/aromatic N) is 1. The van der Waals surface area contributed by atoms with Crippen molar-refractivity contribution in [3.63, 3.8) is 0 Å². The van der Waals surface area contributed by atoms with Crippen molar-refractivity contribution in [1.29, 1.82) is 5.26 Å². The third-order valence-corrected chi connectivity index (χ3v) is 3.92. The molecule has 5 nitrogen and oxygen atoms in total. The van der Waals surface area contributed by atoms with Gasteiger partial charge in [0.25, 0.3) is 0 Å². The molecule has 2 aromatic carbocycles. The summed E-state index contributed by atoms with van der Waals surface area (Å²) in [6, 6.07) is 16.3. The summed E-state index contributed by atoms with van der Waals surface area (Å²) < 4.78 is 5.20. The number of ketones is 1. The summed E-state index contributed by atoms with van der Waals surface area (Å²) in [6.07, 6.45) is 1.24. The lowest BCUT2D eigenvalue weighted by atomic mass is 9.99. The van der Waals surface area contributed by atoms with Crippen LogP contribution < -0.4 is 10.1 Å². The van der Waals surface area contributed by atoms with E-state index in [2.05, 4.69) is 19.2 Å². The van der Waals surface area contributed by atoms with E-state index < -0.39 is 0 Å². The number of rotatable bonds is 9. The molecule has 0 radical (unpaired) electrons. The molecule has 0 aliphatic rings. The molecule has 1 N–H and O–H groups in total. The van der Waals surface area contributed by atoms with Crippen LogP contribution in [0.15, 0.2) is 48.5 Å². The van der Waals surface area contributed by atoms with E-state index >= 15 is 0 Å². The normalized spacial score (nSPS) is 10.3. The monoisotopic (exact) mass is 364 g/mol. The van der Waals surface area contributed by atoms with Crippen LogP contribution in [0.25, 0.3) is 0 Å². The van der Waals surface area contributed by atoms with Crippen molar-refractivity contribution in [1.82, 2.24) is 0 Å². The molecule has 0 unspecified atom stereocenters. The molecular weight excluding hydrogens is 340 g/mol. The van der Waals surface area contributed by atoms with Crippen molar-refractivity contribution < 1.29 is 14.3 Å². The summed E-state index contributed by atoms with van der Waals surface area (Å²) in [5.74, 6) is 0.788. The first-order valence-electron chi connectivity index (χ1n) is 8.99. The highest BCUT2D eigenvalue weighted by atomic mass is 16.5. The number of anilines is 1. The quantitative estimate of drug-likeness (QED) is 0.669. The highest BCUT2D eigenvalue weighted by molar-refractivity contribution is 6.00. The van der Waals surface area contributed by atoms with Gasteiger partial charge in [0, 0.05) is 30.2 Å². The van der Waals surface area contributed by atoms with Crippen molar-refractivity contribution in [2.45, 2.75) is 33.1 Å². The molecule has 1 amide bonds. The number of carbonyl (C=O) groups is 2. The molecule has 0 bridgehead atoms. The van der Waals surface area contributed by atoms with Crippen LogP contribution in [0.4, 0.5) is 5.69 Å². The van der Waals surface area contributed by atoms with E-state index in [1.54, 1.807) is 24.3 Å². The van der Waals surface area contributed by atoms with Crippen LogP contribution in [0, 0.1) is 17.2 Å². The Bertz CT molecular complexity index is 820. The summed E-state index contributed by atoms with van der Waals surface area (Å²) in [5, 5.41) is 11.3. The van der Waals surface area contributed by atoms with Gasteiger partial charge in [0.15, 0.2) is 12.4 Å². The molecule has 5 heteroatoms. The fourth-order valence-electron chi connectivity index (χ4n) is 2.67. The molecule has 27 heavy (non-hydrogen) atoms. The number of carbonyl (C=O) groups excluding carboxylic acids is 2. The van der Waals surface area contributed by atoms with E-state index in [1.807, 2.05) is 30.3 Å². The maximum atomic E-state index is 12.3. The largest absolute Gasteiger partial charge is 0.479 e. The summed E-state index contributed by atoms with van der Waals surface area (Å²) in [5.41, 5.74) is 2.40. The van der Waals surface area contributed by atoms with Crippen LogP contribution in [0.5, 0.6) is 5.75 Å². The van der Waals surface area contributed by atoms with Crippen molar-refractivity contribution in [3.05, 3.63) is 59.7 Å². The van der Waals surface area contributed by atoms with Crippen LogP contribution in [0.3, 0.4) is 0 Å². The van der Waals surface area contributed by atoms with Crippen LogP contribution in [-0.4, -0.2) is 18.3 Å². The maximum Gasteiger partial charge on any atom is 0.224 e. The Labute approximate surface area is 160 Å². The number of nitrogens with one attached hydrogen (secondary N) is 1. The smallest absolute Gasteiger partial charge is 0.224 e. The molecule has 2 rings (SSSR count). The highest BCUT2D eigenvalue weighted by Crippen LogP contribution is 2.18. The van der Waals surface area contributed by atoms with Crippen molar-refractivity contribution in [3.8, 4) is 11.8 Å². The van der Waals surface area contributed by atoms with Gasteiger partial charge >= 0.3 is 0 Å². The fourth-order valence-corrected chi connectivity index (χ4v) is 2.67. The van der Waals surface area contributed by atoms with Gasteiger partial charge in [-0.05, 0) is 30.0 Å². The first-order valence-corrected chi connectivity index (χ1v) is 8.99. The molecule has 2 aromatic rings. The van der Waals surface area contributed by atoms with Gasteiger partial charge in [-0.25, -0.2) is 0 Å². The Morgan fingerprint density at radius 3 is 2.52 bits per heavy atom. The van der Waals surface area contributed by atoms with Gasteiger partial charge in [0.1, 0.15) is 11.8 Å². The van der Waals surface area contributed by atoms with E-state index in [-0.39, 0.29) is 31.1 Å². The highest BCUT2D eigenvalue weighted by Gasteiger charge is 2.10. The molecule has 0 aliphatic heterocycles. The van der Waals surface area contributed by atoms with E-state index in [0.717, 1.165) is 6.42 Å². The van der Waals surface area contributed by atoms with Gasteiger partial charge < -0.3 is 10.1 Å². The van der Waals surface area contributed by atoms with Gasteiger partial charge in [-0.1, -0.05) is 44.2 Å². The second kappa shape index (κ2) is 10.1. The zero-order valence-corrected chi connectivity index (χ0v) is 15.7. The van der Waals surface area contributed by atoms with Gasteiger partial charge in [0.05, 0.1) is 0 Å². The zero-order chi connectivity index (χ0) is 19.6. The predicted octanol–water partition coefficient (Wildman–Crippen LogP) is 4.39. The standard InChI is InChI=1S/C22H24N2O3/c1-16(2)14-17-6-8-18(9-7-17)21(25)10-11-22(26)24-19-4-3-5-20(15-19)27-13-12-23/h3-9,15-16H,10-11,13-14H2,1-2H3,(H,24,26). The molecule has 0 spiro atoms. The van der Waals surface area contributed by atoms with Gasteiger partial charge in [-0.15, -0.1) is 0 Å². The van der Waals surface area contributed by atoms with E-state index in [1.165, 1.54) is 5.56 Å². The molecule has 0 saturated carbocycles. The van der Waals surface area contributed by atoms with E-state index in [9.17, 15) is 9.59 Å². The molecular formula is C22H24N2O3. The third-order valence-electron chi connectivity index (χ3n) is 3.92. The summed E-state index contributed by atoms with van der Waals surface area (Å²) >= 11 is 0. The predicted molar refractivity (Wildman–Crippen MR) is 105 cm³/mol. The number of benzene rings is 2. The number of ether oxygens (including phenoxy) is 1. The number of Topliss-reactive ketones (excluding diaryl/α,β-unsaturated/α-hetero) is 1. The lowest BCUT2D eigenvalue weighted by molar-refractivity contribution is -0.116. The zero-order valence-electron chi connectivity index (χ0n) is 15.7. The Hall–Kier alpha value is -3.13. The molecule has 0 saturated heterocycles. The fraction of sp³-hybridized carbons (Fsp3) is 0.318. The molecule has 0 heterocycles. The average molecular weight is 364 g/mol. The van der Waals surface area contributed by atoms with Crippen LogP contribution >= 0.6 is 0 Å². The summed E-state index contributed by atoms with van der Waals surface area (Å²) in [6.45, 7) is 4.26. The molecule has 0 aromatic heterocycles. The summed E-state index contributed by atoms with van der Waals surface area (Å²) in [7, 11) is 0. The van der Waals surface area contributed by atoms with Crippen LogP contribution in [0.1, 0.15) is 42.6 Å². The average Bonchev–Trinajstić information content (AvgIpc) is 2.65.